The van der Waals surface area contributed by atoms with E-state index in [4.69, 9.17) is 0 Å². The van der Waals surface area contributed by atoms with Gasteiger partial charge in [0.25, 0.3) is 0 Å². The summed E-state index contributed by atoms with van der Waals surface area (Å²) in [7, 11) is 2.00. The van der Waals surface area contributed by atoms with Crippen molar-refractivity contribution in [3.63, 3.8) is 0 Å². The van der Waals surface area contributed by atoms with E-state index in [0.717, 1.165) is 0 Å². The van der Waals surface area contributed by atoms with Crippen LogP contribution >= 0.6 is 11.3 Å². The van der Waals surface area contributed by atoms with Crippen molar-refractivity contribution in [3.05, 3.63) is 138 Å². The molecule has 0 fully saturated rings. The van der Waals surface area contributed by atoms with E-state index in [9.17, 15) is 0 Å². The molecule has 4 aromatic heterocycles. The van der Waals surface area contributed by atoms with E-state index in [1.54, 1.807) is 36.3 Å². The minimum atomic E-state index is 1.33. The quantitative estimate of drug-likeness (QED) is 0.162. The first-order valence-corrected chi connectivity index (χ1v) is 19.5. The first-order valence-electron chi connectivity index (χ1n) is 18.6. The molecule has 48 heavy (non-hydrogen) atoms. The van der Waals surface area contributed by atoms with Gasteiger partial charge in [0.1, 0.15) is 0 Å². The third-order valence-corrected chi connectivity index (χ3v) is 4.02. The van der Waals surface area contributed by atoms with Crippen molar-refractivity contribution in [3.8, 4) is 0 Å². The number of nitrogens with zero attached hydrogens (tertiary/aromatic N) is 2. The van der Waals surface area contributed by atoms with Gasteiger partial charge in [0.2, 0.25) is 0 Å². The lowest BCUT2D eigenvalue weighted by Gasteiger charge is -1.90. The molecule has 0 saturated heterocycles. The Morgan fingerprint density at radius 3 is 0.875 bits per heavy atom. The summed E-state index contributed by atoms with van der Waals surface area (Å²) in [6.45, 7) is 40.2. The summed E-state index contributed by atoms with van der Waals surface area (Å²) in [4.78, 5) is 3.78. The summed E-state index contributed by atoms with van der Waals surface area (Å²) in [5, 5.41) is 4.08. The average Bonchev–Trinajstić information content (AvgIpc) is 4.07. The zero-order valence-corrected chi connectivity index (χ0v) is 36.7. The fraction of sp³-hybridized carbons (Fsp3) is 0.477. The third kappa shape index (κ3) is 84.2. The SMILES string of the molecule is CC.CC.CC.CC.CC.CC.CC.CC.CC.Cc1ccc(C)cc1.Cn1cccc1.c1ccncc1.c1ccoc1.c1ccsc1. The van der Waals surface area contributed by atoms with Crippen molar-refractivity contribution in [2.45, 2.75) is 138 Å². The van der Waals surface area contributed by atoms with Gasteiger partial charge in [0.05, 0.1) is 12.5 Å². The van der Waals surface area contributed by atoms with E-state index < -0.39 is 0 Å². The Morgan fingerprint density at radius 2 is 0.750 bits per heavy atom. The zero-order chi connectivity index (χ0) is 39.7. The van der Waals surface area contributed by atoms with Crippen LogP contribution in [0.3, 0.4) is 0 Å². The van der Waals surface area contributed by atoms with E-state index in [1.165, 1.54) is 11.1 Å². The van der Waals surface area contributed by atoms with Gasteiger partial charge in [-0.15, -0.1) is 0 Å². The van der Waals surface area contributed by atoms with E-state index in [1.807, 2.05) is 214 Å². The molecule has 4 heterocycles. The number of pyridine rings is 1. The zero-order valence-electron chi connectivity index (χ0n) is 35.8. The van der Waals surface area contributed by atoms with E-state index in [0.29, 0.717) is 0 Å². The van der Waals surface area contributed by atoms with Crippen LogP contribution in [0.15, 0.2) is 131 Å². The Kier molecular flexibility index (Phi) is 126. The highest BCUT2D eigenvalue weighted by Crippen LogP contribution is 1.99. The lowest BCUT2D eigenvalue weighted by atomic mass is 10.2. The molecular formula is C44H84N2OS. The third-order valence-electron chi connectivity index (χ3n) is 3.39. The van der Waals surface area contributed by atoms with Crippen molar-refractivity contribution in [2.75, 3.05) is 0 Å². The molecule has 0 N–H and O–H groups in total. The highest BCUT2D eigenvalue weighted by molar-refractivity contribution is 7.07. The predicted octanol–water partition coefficient (Wildman–Crippen LogP) is 16.7. The van der Waals surface area contributed by atoms with Gasteiger partial charge in [-0.05, 0) is 61.0 Å². The molecule has 282 valence electrons. The largest absolute Gasteiger partial charge is 0.473 e. The molecule has 0 unspecified atom stereocenters. The Hall–Kier alpha value is -3.37. The molecule has 0 spiro atoms. The number of aromatic nitrogens is 2. The van der Waals surface area contributed by atoms with Crippen LogP contribution in [-0.4, -0.2) is 9.55 Å². The van der Waals surface area contributed by atoms with Crippen molar-refractivity contribution >= 4 is 11.3 Å². The lowest BCUT2D eigenvalue weighted by molar-refractivity contribution is 0.567. The predicted molar refractivity (Wildman–Crippen MR) is 231 cm³/mol. The van der Waals surface area contributed by atoms with Gasteiger partial charge in [0, 0.05) is 31.8 Å². The van der Waals surface area contributed by atoms with E-state index in [-0.39, 0.29) is 0 Å². The van der Waals surface area contributed by atoms with Gasteiger partial charge in [-0.25, -0.2) is 0 Å². The fourth-order valence-corrected chi connectivity index (χ4v) is 2.28. The maximum Gasteiger partial charge on any atom is 0.0902 e. The minimum Gasteiger partial charge on any atom is -0.473 e. The first-order chi connectivity index (χ1) is 23.7. The van der Waals surface area contributed by atoms with Crippen molar-refractivity contribution in [1.82, 2.24) is 9.55 Å². The first kappa shape index (κ1) is 66.9. The number of furan rings is 1. The van der Waals surface area contributed by atoms with Crippen LogP contribution in [0.5, 0.6) is 0 Å². The van der Waals surface area contributed by atoms with Crippen LogP contribution in [0.25, 0.3) is 0 Å². The summed E-state index contributed by atoms with van der Waals surface area (Å²) in [5.41, 5.74) is 2.66. The van der Waals surface area contributed by atoms with Crippen LogP contribution in [-0.2, 0) is 7.05 Å². The summed E-state index contributed by atoms with van der Waals surface area (Å²) in [5.74, 6) is 0. The topological polar surface area (TPSA) is 31.0 Å². The van der Waals surface area contributed by atoms with Crippen molar-refractivity contribution in [1.29, 1.82) is 0 Å². The second-order valence-corrected chi connectivity index (χ2v) is 6.93. The number of hydrogen-bond acceptors (Lipinski definition) is 3. The van der Waals surface area contributed by atoms with Gasteiger partial charge in [0.15, 0.2) is 0 Å². The Bertz CT molecular complexity index is 794. The molecular weight excluding hydrogens is 605 g/mol. The standard InChI is InChI=1S/C8H10.C5H7N.C5H5N.C4H4O.C4H4S.9C2H6/c1-7-3-5-8(2)6-4-7;1-6-4-2-3-5-6;1-2-4-6-5-3-1;2*1-2-4-5-3-1;9*1-2/h3-6H,1-2H3;2-5H,1H3;1-5H;2*1-4H;9*1-2H3. The van der Waals surface area contributed by atoms with Crippen LogP contribution in [0.2, 0.25) is 0 Å². The van der Waals surface area contributed by atoms with Crippen molar-refractivity contribution < 1.29 is 4.42 Å². The molecule has 5 aromatic rings. The highest BCUT2D eigenvalue weighted by Gasteiger charge is 1.79. The summed E-state index contributed by atoms with van der Waals surface area (Å²) < 4.78 is 6.58. The van der Waals surface area contributed by atoms with Gasteiger partial charge < -0.3 is 8.98 Å². The van der Waals surface area contributed by atoms with Crippen LogP contribution in [0.1, 0.15) is 136 Å². The molecule has 0 bridgehead atoms. The molecule has 1 aromatic carbocycles. The Labute approximate surface area is 307 Å². The minimum absolute atomic E-state index is 1.33. The summed E-state index contributed by atoms with van der Waals surface area (Å²) >= 11 is 1.71. The normalized spacial score (nSPS) is 6.44. The molecule has 0 aliphatic rings. The van der Waals surface area contributed by atoms with Crippen molar-refractivity contribution in [2.24, 2.45) is 7.05 Å². The van der Waals surface area contributed by atoms with Gasteiger partial charge in [-0.2, -0.15) is 11.3 Å². The summed E-state index contributed by atoms with van der Waals surface area (Å²) in [6.07, 6.45) is 10.8. The Balaban J connectivity index is -0.0000000509. The number of thiophene rings is 1. The number of aryl methyl sites for hydroxylation is 3. The van der Waals surface area contributed by atoms with E-state index in [2.05, 4.69) is 47.5 Å². The molecule has 0 atom stereocenters. The Morgan fingerprint density at radius 1 is 0.438 bits per heavy atom. The lowest BCUT2D eigenvalue weighted by Crippen LogP contribution is -1.75. The van der Waals surface area contributed by atoms with Gasteiger partial charge >= 0.3 is 0 Å². The monoisotopic (exact) mass is 689 g/mol. The van der Waals surface area contributed by atoms with Crippen LogP contribution in [0.4, 0.5) is 0 Å². The van der Waals surface area contributed by atoms with Gasteiger partial charge in [-0.3, -0.25) is 4.98 Å². The van der Waals surface area contributed by atoms with Gasteiger partial charge in [-0.1, -0.05) is 178 Å². The maximum absolute atomic E-state index is 4.58. The second-order valence-electron chi connectivity index (χ2n) is 6.11. The molecule has 5 rings (SSSR count). The fourth-order valence-electron chi connectivity index (χ4n) is 1.82. The molecule has 4 heteroatoms. The molecule has 0 radical (unpaired) electrons. The number of benzene rings is 1. The molecule has 0 amide bonds. The smallest absolute Gasteiger partial charge is 0.0902 e. The molecule has 0 saturated carbocycles. The van der Waals surface area contributed by atoms with E-state index >= 15 is 0 Å². The van der Waals surface area contributed by atoms with Crippen LogP contribution < -0.4 is 0 Å². The second kappa shape index (κ2) is 90.3. The number of hydrogen-bond donors (Lipinski definition) is 0. The highest BCUT2D eigenvalue weighted by atomic mass is 32.1. The molecule has 0 aliphatic heterocycles. The number of rotatable bonds is 0. The van der Waals surface area contributed by atoms with Crippen LogP contribution in [0, 0.1) is 13.8 Å². The maximum atomic E-state index is 4.58. The molecule has 3 nitrogen and oxygen atoms in total. The molecule has 0 aliphatic carbocycles. The summed E-state index contributed by atoms with van der Waals surface area (Å²) in [6, 6.07) is 25.9. The average molecular weight is 689 g/mol.